The van der Waals surface area contributed by atoms with Crippen molar-refractivity contribution in [2.45, 2.75) is 56.5 Å². The van der Waals surface area contributed by atoms with E-state index in [-0.39, 0.29) is 18.7 Å². The summed E-state index contributed by atoms with van der Waals surface area (Å²) in [6.07, 6.45) is 4.75. The Balaban J connectivity index is 0.939. The van der Waals surface area contributed by atoms with Gasteiger partial charge in [-0.05, 0) is 74.4 Å². The summed E-state index contributed by atoms with van der Waals surface area (Å²) in [4.78, 5) is 53.5. The van der Waals surface area contributed by atoms with Gasteiger partial charge in [0.05, 0.1) is 28.4 Å². The van der Waals surface area contributed by atoms with Crippen LogP contribution in [0.5, 0.6) is 0 Å². The van der Waals surface area contributed by atoms with Gasteiger partial charge in [-0.3, -0.25) is 34.1 Å². The summed E-state index contributed by atoms with van der Waals surface area (Å²) < 4.78 is 2.29. The molecule has 3 aromatic rings. The summed E-state index contributed by atoms with van der Waals surface area (Å²) in [5.74, 6) is -0.897. The monoisotopic (exact) mass is 581 g/mol. The molecule has 0 spiro atoms. The fourth-order valence-corrected chi connectivity index (χ4v) is 7.12. The van der Waals surface area contributed by atoms with E-state index in [1.54, 1.807) is 12.1 Å². The molecule has 4 fully saturated rings. The maximum atomic E-state index is 13.2. The van der Waals surface area contributed by atoms with Gasteiger partial charge in [0.1, 0.15) is 6.04 Å². The van der Waals surface area contributed by atoms with Crippen LogP contribution in [0.15, 0.2) is 36.4 Å². The van der Waals surface area contributed by atoms with Crippen LogP contribution in [-0.4, -0.2) is 77.1 Å². The van der Waals surface area contributed by atoms with E-state index in [4.69, 9.17) is 5.10 Å². The van der Waals surface area contributed by atoms with Crippen LogP contribution in [0.1, 0.15) is 76.9 Å². The third kappa shape index (κ3) is 4.57. The summed E-state index contributed by atoms with van der Waals surface area (Å²) in [7, 11) is 0. The Morgan fingerprint density at radius 2 is 1.70 bits per heavy atom. The fraction of sp³-hybridized carbons (Fsp3) is 0.469. The van der Waals surface area contributed by atoms with E-state index in [1.807, 2.05) is 6.07 Å². The zero-order valence-corrected chi connectivity index (χ0v) is 24.0. The molecule has 4 heterocycles. The number of carbonyl (C=O) groups is 4. The lowest BCUT2D eigenvalue weighted by atomic mass is 9.80. The molecule has 2 saturated heterocycles. The first-order valence-corrected chi connectivity index (χ1v) is 15.5. The molecule has 4 amide bonds. The van der Waals surface area contributed by atoms with Crippen molar-refractivity contribution in [3.8, 4) is 0 Å². The minimum Gasteiger partial charge on any atom is -0.385 e. The standard InChI is InChI=1S/C32H35N7O4/c40-28-8-7-26(30(41)35-28)38-31(42)23-5-3-20(15-25(23)32(38)43)34-17-18-13-22(14-18)39-27-16-21(37-11-9-33-10-12-37)4-6-24(27)29(36-39)19-1-2-19/h3-6,15-16,18-19,22,26,33-34H,1-2,7-14,17H2,(H,35,40,41). The number of anilines is 2. The van der Waals surface area contributed by atoms with Gasteiger partial charge in [-0.2, -0.15) is 5.10 Å². The molecular formula is C32H35N7O4. The van der Waals surface area contributed by atoms with Gasteiger partial charge < -0.3 is 15.5 Å². The molecule has 5 aliphatic rings. The van der Waals surface area contributed by atoms with Crippen LogP contribution in [0.3, 0.4) is 0 Å². The van der Waals surface area contributed by atoms with E-state index in [2.05, 4.69) is 43.7 Å². The van der Waals surface area contributed by atoms with Crippen molar-refractivity contribution in [2.24, 2.45) is 5.92 Å². The molecule has 0 bridgehead atoms. The van der Waals surface area contributed by atoms with E-state index in [1.165, 1.54) is 35.1 Å². The van der Waals surface area contributed by atoms with Crippen LogP contribution in [0.2, 0.25) is 0 Å². The van der Waals surface area contributed by atoms with Crippen LogP contribution in [-0.2, 0) is 9.59 Å². The highest BCUT2D eigenvalue weighted by atomic mass is 16.2. The summed E-state index contributed by atoms with van der Waals surface area (Å²) in [5, 5.41) is 15.6. The average molecular weight is 582 g/mol. The van der Waals surface area contributed by atoms with E-state index >= 15 is 0 Å². The number of piperazine rings is 1. The number of piperidine rings is 1. The van der Waals surface area contributed by atoms with Crippen LogP contribution < -0.4 is 20.9 Å². The van der Waals surface area contributed by atoms with Crippen molar-refractivity contribution in [1.82, 2.24) is 25.3 Å². The van der Waals surface area contributed by atoms with E-state index in [9.17, 15) is 19.2 Å². The zero-order chi connectivity index (χ0) is 29.2. The first-order chi connectivity index (χ1) is 20.9. The number of fused-ring (bicyclic) bond motifs is 2. The average Bonchev–Trinajstić information content (AvgIpc) is 3.73. The maximum Gasteiger partial charge on any atom is 0.262 e. The van der Waals surface area contributed by atoms with E-state index in [0.717, 1.165) is 56.2 Å². The van der Waals surface area contributed by atoms with Gasteiger partial charge in [0, 0.05) is 61.8 Å². The van der Waals surface area contributed by atoms with Crippen molar-refractivity contribution in [2.75, 3.05) is 42.9 Å². The molecule has 43 heavy (non-hydrogen) atoms. The van der Waals surface area contributed by atoms with Crippen LogP contribution in [0.25, 0.3) is 10.9 Å². The predicted octanol–water partition coefficient (Wildman–Crippen LogP) is 2.79. The van der Waals surface area contributed by atoms with Gasteiger partial charge >= 0.3 is 0 Å². The maximum absolute atomic E-state index is 13.2. The van der Waals surface area contributed by atoms with Gasteiger partial charge in [0.25, 0.3) is 11.8 Å². The van der Waals surface area contributed by atoms with Crippen LogP contribution in [0, 0.1) is 5.92 Å². The first kappa shape index (κ1) is 26.4. The molecule has 2 saturated carbocycles. The number of hydrogen-bond donors (Lipinski definition) is 3. The van der Waals surface area contributed by atoms with Crippen molar-refractivity contribution >= 4 is 45.9 Å². The largest absolute Gasteiger partial charge is 0.385 e. The number of hydrogen-bond acceptors (Lipinski definition) is 8. The van der Waals surface area contributed by atoms with Gasteiger partial charge in [0.2, 0.25) is 11.8 Å². The Morgan fingerprint density at radius 1 is 0.907 bits per heavy atom. The zero-order valence-electron chi connectivity index (χ0n) is 24.0. The van der Waals surface area contributed by atoms with E-state index < -0.39 is 23.8 Å². The molecule has 3 aliphatic heterocycles. The number of benzene rings is 2. The molecular weight excluding hydrogens is 546 g/mol. The van der Waals surface area contributed by atoms with Crippen molar-refractivity contribution < 1.29 is 19.2 Å². The first-order valence-electron chi connectivity index (χ1n) is 15.5. The van der Waals surface area contributed by atoms with Crippen molar-refractivity contribution in [3.05, 3.63) is 53.2 Å². The molecule has 1 unspecified atom stereocenters. The summed E-state index contributed by atoms with van der Waals surface area (Å²) in [6, 6.07) is 11.5. The molecule has 1 aromatic heterocycles. The molecule has 11 nitrogen and oxygen atoms in total. The number of rotatable bonds is 7. The number of carbonyl (C=O) groups excluding carboxylic acids is 4. The van der Waals surface area contributed by atoms with Gasteiger partial charge in [-0.25, -0.2) is 0 Å². The fourth-order valence-electron chi connectivity index (χ4n) is 7.12. The van der Waals surface area contributed by atoms with E-state index in [0.29, 0.717) is 29.0 Å². The Labute approximate surface area is 248 Å². The summed E-state index contributed by atoms with van der Waals surface area (Å²) >= 11 is 0. The predicted molar refractivity (Wildman–Crippen MR) is 160 cm³/mol. The molecule has 11 heteroatoms. The summed E-state index contributed by atoms with van der Waals surface area (Å²) in [6.45, 7) is 4.81. The molecule has 2 aromatic carbocycles. The Morgan fingerprint density at radius 3 is 2.47 bits per heavy atom. The highest BCUT2D eigenvalue weighted by Crippen LogP contribution is 2.46. The molecule has 222 valence electrons. The highest BCUT2D eigenvalue weighted by Gasteiger charge is 2.44. The lowest BCUT2D eigenvalue weighted by Crippen LogP contribution is -2.54. The minimum absolute atomic E-state index is 0.104. The third-order valence-electron chi connectivity index (χ3n) is 9.76. The quantitative estimate of drug-likeness (QED) is 0.364. The molecule has 3 N–H and O–H groups in total. The second kappa shape index (κ2) is 10.2. The molecule has 2 aliphatic carbocycles. The number of imide groups is 2. The van der Waals surface area contributed by atoms with Crippen LogP contribution >= 0.6 is 0 Å². The van der Waals surface area contributed by atoms with Crippen LogP contribution in [0.4, 0.5) is 11.4 Å². The van der Waals surface area contributed by atoms with Gasteiger partial charge in [-0.15, -0.1) is 0 Å². The molecule has 1 atom stereocenters. The second-order valence-corrected chi connectivity index (χ2v) is 12.6. The summed E-state index contributed by atoms with van der Waals surface area (Å²) in [5.41, 5.74) is 5.14. The number of nitrogens with one attached hydrogen (secondary N) is 3. The third-order valence-corrected chi connectivity index (χ3v) is 9.76. The second-order valence-electron chi connectivity index (χ2n) is 12.6. The molecule has 0 radical (unpaired) electrons. The van der Waals surface area contributed by atoms with Gasteiger partial charge in [0.15, 0.2) is 0 Å². The Hall–Kier alpha value is -4.25. The SMILES string of the molecule is O=C1CCC(N2C(=O)c3ccc(NCC4CC(n5nc(C6CC6)c6ccc(N7CCNCC7)cc65)C4)cc3C2=O)C(=O)N1. The number of amides is 4. The topological polar surface area (TPSA) is 129 Å². The Bertz CT molecular complexity index is 1670. The van der Waals surface area contributed by atoms with Gasteiger partial charge in [-0.1, -0.05) is 0 Å². The van der Waals surface area contributed by atoms with Crippen molar-refractivity contribution in [3.63, 3.8) is 0 Å². The Kier molecular flexibility index (Phi) is 6.25. The minimum atomic E-state index is -0.958. The number of nitrogens with zero attached hydrogens (tertiary/aromatic N) is 4. The van der Waals surface area contributed by atoms with Crippen molar-refractivity contribution in [1.29, 1.82) is 0 Å². The number of aromatic nitrogens is 2. The lowest BCUT2D eigenvalue weighted by Gasteiger charge is -2.36. The molecule has 8 rings (SSSR count). The highest BCUT2D eigenvalue weighted by molar-refractivity contribution is 6.23. The lowest BCUT2D eigenvalue weighted by molar-refractivity contribution is -0.136. The smallest absolute Gasteiger partial charge is 0.262 e. The normalized spacial score (nSPS) is 25.6.